The molecular formula is C5H10O3. The van der Waals surface area contributed by atoms with Crippen molar-refractivity contribution in [3.05, 3.63) is 0 Å². The zero-order valence-electron chi connectivity index (χ0n) is 4.96. The van der Waals surface area contributed by atoms with Crippen LogP contribution in [0.1, 0.15) is 13.8 Å². The predicted molar refractivity (Wildman–Crippen MR) is 28.1 cm³/mol. The highest BCUT2D eigenvalue weighted by Crippen LogP contribution is 1.95. The van der Waals surface area contributed by atoms with Crippen molar-refractivity contribution in [1.82, 2.24) is 0 Å². The first-order chi connectivity index (χ1) is 3.55. The van der Waals surface area contributed by atoms with Gasteiger partial charge in [-0.1, -0.05) is 13.8 Å². The van der Waals surface area contributed by atoms with E-state index >= 15 is 0 Å². The summed E-state index contributed by atoms with van der Waals surface area (Å²) >= 11 is 0. The van der Waals surface area contributed by atoms with Crippen LogP contribution in [0.5, 0.6) is 0 Å². The Bertz CT molecular complexity index is 75.7. The molecule has 8 heavy (non-hydrogen) atoms. The van der Waals surface area contributed by atoms with Gasteiger partial charge >= 0.3 is 0 Å². The Labute approximate surface area is 47.9 Å². The molecule has 0 aromatic rings. The molecule has 0 radical (unpaired) electrons. The molecule has 0 spiro atoms. The lowest BCUT2D eigenvalue weighted by atomic mass is 10.1. The number of hydrogen-bond acceptors (Lipinski definition) is 3. The molecule has 0 unspecified atom stereocenters. The van der Waals surface area contributed by atoms with Gasteiger partial charge in [0.05, 0.1) is 0 Å². The van der Waals surface area contributed by atoms with Gasteiger partial charge in [-0.15, -0.1) is 0 Å². The van der Waals surface area contributed by atoms with Gasteiger partial charge < -0.3 is 10.2 Å². The summed E-state index contributed by atoms with van der Waals surface area (Å²) < 4.78 is 0. The molecule has 0 aromatic carbocycles. The van der Waals surface area contributed by atoms with Crippen LogP contribution >= 0.6 is 0 Å². The lowest BCUT2D eigenvalue weighted by Gasteiger charge is -2.03. The Kier molecular flexibility index (Phi) is 2.65. The second-order valence-electron chi connectivity index (χ2n) is 1.93. The van der Waals surface area contributed by atoms with Crippen molar-refractivity contribution in [1.29, 1.82) is 0 Å². The molecule has 0 rings (SSSR count). The van der Waals surface area contributed by atoms with Crippen LogP contribution in [0.15, 0.2) is 0 Å². The maximum absolute atomic E-state index is 10.3. The molecule has 0 aliphatic heterocycles. The number of hydrogen-bond donors (Lipinski definition) is 2. The highest BCUT2D eigenvalue weighted by atomic mass is 16.5. The molecule has 0 fully saturated rings. The fourth-order valence-corrected chi connectivity index (χ4v) is 0.298. The van der Waals surface area contributed by atoms with E-state index in [1.54, 1.807) is 13.8 Å². The van der Waals surface area contributed by atoms with Gasteiger partial charge in [0.1, 0.15) is 0 Å². The van der Waals surface area contributed by atoms with E-state index in [2.05, 4.69) is 0 Å². The Morgan fingerprint density at radius 1 is 1.38 bits per heavy atom. The van der Waals surface area contributed by atoms with Crippen LogP contribution in [0.2, 0.25) is 0 Å². The van der Waals surface area contributed by atoms with E-state index in [0.29, 0.717) is 0 Å². The molecule has 2 N–H and O–H groups in total. The average molecular weight is 118 g/mol. The third-order valence-electron chi connectivity index (χ3n) is 0.824. The summed E-state index contributed by atoms with van der Waals surface area (Å²) in [6.07, 6.45) is -1.80. The number of ketones is 1. The van der Waals surface area contributed by atoms with E-state index in [0.717, 1.165) is 0 Å². The van der Waals surface area contributed by atoms with Crippen LogP contribution in [-0.4, -0.2) is 22.3 Å². The summed E-state index contributed by atoms with van der Waals surface area (Å²) in [6, 6.07) is 0. The van der Waals surface area contributed by atoms with Gasteiger partial charge in [0.25, 0.3) is 0 Å². The third-order valence-corrected chi connectivity index (χ3v) is 0.824. The molecule has 3 heteroatoms. The number of carbonyl (C=O) groups is 1. The van der Waals surface area contributed by atoms with Crippen molar-refractivity contribution in [3.63, 3.8) is 0 Å². The van der Waals surface area contributed by atoms with Crippen LogP contribution in [0, 0.1) is 5.92 Å². The van der Waals surface area contributed by atoms with Crippen LogP contribution in [-0.2, 0) is 4.79 Å². The standard InChI is InChI=1S/C5H10O3/c1-3(2)4(6)5(7)8/h3,5,7-8H,1-2H3. The fourth-order valence-electron chi connectivity index (χ4n) is 0.298. The third kappa shape index (κ3) is 2.04. The molecule has 0 saturated carbocycles. The molecule has 48 valence electrons. The topological polar surface area (TPSA) is 57.5 Å². The quantitative estimate of drug-likeness (QED) is 0.481. The maximum atomic E-state index is 10.3. The summed E-state index contributed by atoms with van der Waals surface area (Å²) in [6.45, 7) is 3.23. The predicted octanol–water partition coefficient (Wildman–Crippen LogP) is -0.478. The zero-order chi connectivity index (χ0) is 6.73. The SMILES string of the molecule is CC(C)C(=O)C(O)O. The minimum Gasteiger partial charge on any atom is -0.362 e. The highest BCUT2D eigenvalue weighted by molar-refractivity contribution is 5.82. The van der Waals surface area contributed by atoms with Gasteiger partial charge in [0.15, 0.2) is 5.78 Å². The van der Waals surface area contributed by atoms with Crippen molar-refractivity contribution in [2.75, 3.05) is 0 Å². The minimum absolute atomic E-state index is 0.296. The number of rotatable bonds is 2. The first-order valence-electron chi connectivity index (χ1n) is 2.45. The molecule has 0 atom stereocenters. The van der Waals surface area contributed by atoms with Gasteiger partial charge in [-0.3, -0.25) is 4.79 Å². The van der Waals surface area contributed by atoms with E-state index in [1.807, 2.05) is 0 Å². The summed E-state index contributed by atoms with van der Waals surface area (Å²) in [7, 11) is 0. The van der Waals surface area contributed by atoms with E-state index < -0.39 is 12.1 Å². The highest BCUT2D eigenvalue weighted by Gasteiger charge is 2.13. The van der Waals surface area contributed by atoms with Crippen molar-refractivity contribution in [3.8, 4) is 0 Å². The van der Waals surface area contributed by atoms with Crippen LogP contribution in [0.4, 0.5) is 0 Å². The second kappa shape index (κ2) is 2.79. The molecule has 0 aliphatic rings. The number of aliphatic hydroxyl groups excluding tert-OH is 1. The number of carbonyl (C=O) groups excluding carboxylic acids is 1. The molecule has 0 bridgehead atoms. The van der Waals surface area contributed by atoms with Crippen LogP contribution in [0.3, 0.4) is 0 Å². The zero-order valence-corrected chi connectivity index (χ0v) is 4.96. The van der Waals surface area contributed by atoms with E-state index in [1.165, 1.54) is 0 Å². The Balaban J connectivity index is 3.65. The largest absolute Gasteiger partial charge is 0.362 e. The molecule has 0 aromatic heterocycles. The summed E-state index contributed by atoms with van der Waals surface area (Å²) in [5.74, 6) is -0.833. The van der Waals surface area contributed by atoms with Gasteiger partial charge in [-0.25, -0.2) is 0 Å². The Hall–Kier alpha value is -0.410. The number of aliphatic hydroxyl groups is 2. The first-order valence-corrected chi connectivity index (χ1v) is 2.45. The smallest absolute Gasteiger partial charge is 0.213 e. The van der Waals surface area contributed by atoms with Crippen LogP contribution < -0.4 is 0 Å². The molecule has 0 heterocycles. The Morgan fingerprint density at radius 2 is 1.75 bits per heavy atom. The molecule has 0 aliphatic carbocycles. The Morgan fingerprint density at radius 3 is 1.75 bits per heavy atom. The summed E-state index contributed by atoms with van der Waals surface area (Å²) in [4.78, 5) is 10.3. The maximum Gasteiger partial charge on any atom is 0.213 e. The first kappa shape index (κ1) is 7.59. The van der Waals surface area contributed by atoms with Gasteiger partial charge in [-0.2, -0.15) is 0 Å². The van der Waals surface area contributed by atoms with Gasteiger partial charge in [0, 0.05) is 5.92 Å². The van der Waals surface area contributed by atoms with Gasteiger partial charge in [0.2, 0.25) is 6.29 Å². The van der Waals surface area contributed by atoms with Crippen molar-refractivity contribution < 1.29 is 15.0 Å². The van der Waals surface area contributed by atoms with E-state index in [9.17, 15) is 4.79 Å². The van der Waals surface area contributed by atoms with Crippen LogP contribution in [0.25, 0.3) is 0 Å². The second-order valence-corrected chi connectivity index (χ2v) is 1.93. The molecule has 0 amide bonds. The van der Waals surface area contributed by atoms with Crippen molar-refractivity contribution >= 4 is 5.78 Å². The normalized spacial score (nSPS) is 10.8. The molecule has 0 saturated heterocycles. The molecule has 3 nitrogen and oxygen atoms in total. The van der Waals surface area contributed by atoms with E-state index in [-0.39, 0.29) is 5.92 Å². The average Bonchev–Trinajstić information content (AvgIpc) is 1.64. The monoisotopic (exact) mass is 118 g/mol. The lowest BCUT2D eigenvalue weighted by molar-refractivity contribution is -0.148. The van der Waals surface area contributed by atoms with E-state index in [4.69, 9.17) is 10.2 Å². The minimum atomic E-state index is -1.80. The molecular weight excluding hydrogens is 108 g/mol. The summed E-state index contributed by atoms with van der Waals surface area (Å²) in [5.41, 5.74) is 0. The van der Waals surface area contributed by atoms with Gasteiger partial charge in [-0.05, 0) is 0 Å². The fraction of sp³-hybridized carbons (Fsp3) is 0.800. The lowest BCUT2D eigenvalue weighted by Crippen LogP contribution is -2.23. The summed E-state index contributed by atoms with van der Waals surface area (Å²) in [5, 5.41) is 16.4. The van der Waals surface area contributed by atoms with Crippen molar-refractivity contribution in [2.24, 2.45) is 5.92 Å². The van der Waals surface area contributed by atoms with Crippen molar-refractivity contribution in [2.45, 2.75) is 20.1 Å². The number of Topliss-reactive ketones (excluding diaryl/α,β-unsaturated/α-hetero) is 1.